The Morgan fingerprint density at radius 1 is 0.955 bits per heavy atom. The maximum absolute atomic E-state index is 12.1. The lowest BCUT2D eigenvalue weighted by atomic mass is 9.67. The molecule has 6 nitrogen and oxygen atoms in total. The smallest absolute Gasteiger partial charge is 0.342 e. The first-order valence-electron chi connectivity index (χ1n) is 6.87. The number of esters is 4. The molecule has 0 bridgehead atoms. The van der Waals surface area contributed by atoms with Gasteiger partial charge in [-0.05, 0) is 17.5 Å². The Morgan fingerprint density at radius 2 is 1.73 bits per heavy atom. The van der Waals surface area contributed by atoms with E-state index in [1.165, 1.54) is 0 Å². The van der Waals surface area contributed by atoms with Crippen LogP contribution in [0, 0.1) is 11.8 Å². The van der Waals surface area contributed by atoms with E-state index in [2.05, 4.69) is 4.74 Å². The third-order valence-corrected chi connectivity index (χ3v) is 4.45. The van der Waals surface area contributed by atoms with Gasteiger partial charge in [-0.15, -0.1) is 0 Å². The van der Waals surface area contributed by atoms with Crippen LogP contribution in [0.3, 0.4) is 0 Å². The molecule has 1 saturated heterocycles. The van der Waals surface area contributed by atoms with Gasteiger partial charge in [-0.25, -0.2) is 9.59 Å². The number of hydrogen-bond donors (Lipinski definition) is 0. The summed E-state index contributed by atoms with van der Waals surface area (Å²) in [6, 6.07) is 7.25. The molecule has 3 atom stereocenters. The SMILES string of the molecule is O=C1C=C(C2Cc3ccccc3C3C(=O)OC(=O)C23)C(=O)O1. The lowest BCUT2D eigenvalue weighted by molar-refractivity contribution is -0.153. The molecule has 2 aliphatic heterocycles. The summed E-state index contributed by atoms with van der Waals surface area (Å²) in [6.07, 6.45) is 1.49. The van der Waals surface area contributed by atoms with Crippen LogP contribution < -0.4 is 0 Å². The van der Waals surface area contributed by atoms with Gasteiger partial charge < -0.3 is 9.47 Å². The summed E-state index contributed by atoms with van der Waals surface area (Å²) < 4.78 is 9.29. The molecule has 0 spiro atoms. The molecule has 4 rings (SSSR count). The van der Waals surface area contributed by atoms with Crippen LogP contribution in [-0.4, -0.2) is 23.9 Å². The van der Waals surface area contributed by atoms with E-state index in [0.29, 0.717) is 6.42 Å². The first-order chi connectivity index (χ1) is 10.6. The zero-order valence-electron chi connectivity index (χ0n) is 11.3. The molecule has 0 aromatic heterocycles. The van der Waals surface area contributed by atoms with Gasteiger partial charge in [-0.1, -0.05) is 24.3 Å². The van der Waals surface area contributed by atoms with Crippen molar-refractivity contribution in [2.24, 2.45) is 11.8 Å². The van der Waals surface area contributed by atoms with Gasteiger partial charge >= 0.3 is 23.9 Å². The van der Waals surface area contributed by atoms with Gasteiger partial charge in [0.2, 0.25) is 0 Å². The number of carbonyl (C=O) groups excluding carboxylic acids is 4. The summed E-state index contributed by atoms with van der Waals surface area (Å²) >= 11 is 0. The van der Waals surface area contributed by atoms with E-state index in [9.17, 15) is 19.2 Å². The highest BCUT2D eigenvalue weighted by atomic mass is 16.6. The minimum Gasteiger partial charge on any atom is -0.392 e. The van der Waals surface area contributed by atoms with Crippen LogP contribution in [0.15, 0.2) is 35.9 Å². The minimum atomic E-state index is -0.785. The van der Waals surface area contributed by atoms with Crippen molar-refractivity contribution in [2.45, 2.75) is 12.3 Å². The molecule has 22 heavy (non-hydrogen) atoms. The van der Waals surface area contributed by atoms with E-state index >= 15 is 0 Å². The molecule has 0 saturated carbocycles. The fourth-order valence-corrected chi connectivity index (χ4v) is 3.55. The van der Waals surface area contributed by atoms with Crippen LogP contribution in [0.5, 0.6) is 0 Å². The Bertz CT molecular complexity index is 775. The highest BCUT2D eigenvalue weighted by molar-refractivity contribution is 6.10. The number of cyclic esters (lactones) is 4. The molecule has 2 heterocycles. The number of benzene rings is 1. The second kappa shape index (κ2) is 4.37. The molecule has 1 aromatic rings. The van der Waals surface area contributed by atoms with Gasteiger partial charge in [0.15, 0.2) is 0 Å². The molecule has 3 unspecified atom stereocenters. The van der Waals surface area contributed by atoms with E-state index in [1.807, 2.05) is 12.1 Å². The molecule has 0 N–H and O–H groups in total. The molecular weight excluding hydrogens is 288 g/mol. The third kappa shape index (κ3) is 1.67. The fraction of sp³-hybridized carbons (Fsp3) is 0.250. The molecule has 1 aliphatic carbocycles. The second-order valence-electron chi connectivity index (χ2n) is 5.56. The lowest BCUT2D eigenvalue weighted by Crippen LogP contribution is -2.34. The largest absolute Gasteiger partial charge is 0.392 e. The van der Waals surface area contributed by atoms with E-state index in [4.69, 9.17) is 4.74 Å². The van der Waals surface area contributed by atoms with Gasteiger partial charge in [-0.3, -0.25) is 9.59 Å². The van der Waals surface area contributed by atoms with Gasteiger partial charge in [0, 0.05) is 17.6 Å². The summed E-state index contributed by atoms with van der Waals surface area (Å²) in [5.74, 6) is -4.85. The van der Waals surface area contributed by atoms with Crippen molar-refractivity contribution in [2.75, 3.05) is 0 Å². The summed E-state index contributed by atoms with van der Waals surface area (Å²) in [7, 11) is 0. The first-order valence-corrected chi connectivity index (χ1v) is 6.87. The average Bonchev–Trinajstić information content (AvgIpc) is 2.98. The van der Waals surface area contributed by atoms with Crippen molar-refractivity contribution in [3.05, 3.63) is 47.0 Å². The summed E-state index contributed by atoms with van der Waals surface area (Å²) in [4.78, 5) is 47.2. The van der Waals surface area contributed by atoms with E-state index in [0.717, 1.165) is 17.2 Å². The number of fused-ring (bicyclic) bond motifs is 3. The Hall–Kier alpha value is -2.76. The van der Waals surface area contributed by atoms with E-state index in [1.54, 1.807) is 12.1 Å². The van der Waals surface area contributed by atoms with Gasteiger partial charge in [-0.2, -0.15) is 0 Å². The van der Waals surface area contributed by atoms with Crippen LogP contribution in [0.1, 0.15) is 17.0 Å². The van der Waals surface area contributed by atoms with Gasteiger partial charge in [0.05, 0.1) is 11.8 Å². The average molecular weight is 298 g/mol. The number of carbonyl (C=O) groups is 4. The number of rotatable bonds is 1. The van der Waals surface area contributed by atoms with Gasteiger partial charge in [0.25, 0.3) is 0 Å². The van der Waals surface area contributed by atoms with Crippen LogP contribution in [0.25, 0.3) is 0 Å². The Morgan fingerprint density at radius 3 is 2.45 bits per heavy atom. The predicted molar refractivity (Wildman–Crippen MR) is 70.1 cm³/mol. The molecule has 110 valence electrons. The van der Waals surface area contributed by atoms with Crippen molar-refractivity contribution < 1.29 is 28.7 Å². The Kier molecular flexibility index (Phi) is 2.57. The van der Waals surface area contributed by atoms with Crippen molar-refractivity contribution in [3.8, 4) is 0 Å². The molecule has 3 aliphatic rings. The highest BCUT2D eigenvalue weighted by Gasteiger charge is 2.54. The monoisotopic (exact) mass is 298 g/mol. The quantitative estimate of drug-likeness (QED) is 0.559. The first kappa shape index (κ1) is 12.9. The third-order valence-electron chi connectivity index (χ3n) is 4.45. The van der Waals surface area contributed by atoms with Crippen molar-refractivity contribution in [1.82, 2.24) is 0 Å². The summed E-state index contributed by atoms with van der Waals surface area (Å²) in [5, 5.41) is 0. The van der Waals surface area contributed by atoms with Crippen LogP contribution >= 0.6 is 0 Å². The molecular formula is C16H10O6. The lowest BCUT2D eigenvalue weighted by Gasteiger charge is -2.31. The van der Waals surface area contributed by atoms with E-state index in [-0.39, 0.29) is 5.57 Å². The number of hydrogen-bond acceptors (Lipinski definition) is 6. The molecule has 0 amide bonds. The Balaban J connectivity index is 1.86. The standard InChI is InChI=1S/C16H10O6/c17-11-6-10(14(18)21-11)9-5-7-3-1-2-4-8(7)12-13(9)16(20)22-15(12)19/h1-4,6,9,12-13H,5H2. The Labute approximate surface area is 124 Å². The van der Waals surface area contributed by atoms with E-state index < -0.39 is 41.6 Å². The van der Waals surface area contributed by atoms with Crippen molar-refractivity contribution in [1.29, 1.82) is 0 Å². The molecule has 6 heteroatoms. The predicted octanol–water partition coefficient (Wildman–Crippen LogP) is 0.652. The zero-order valence-corrected chi connectivity index (χ0v) is 11.3. The maximum atomic E-state index is 12.1. The topological polar surface area (TPSA) is 86.7 Å². The highest BCUT2D eigenvalue weighted by Crippen LogP contribution is 2.47. The maximum Gasteiger partial charge on any atom is 0.342 e. The van der Waals surface area contributed by atoms with Crippen molar-refractivity contribution in [3.63, 3.8) is 0 Å². The number of ether oxygens (including phenoxy) is 2. The fourth-order valence-electron chi connectivity index (χ4n) is 3.55. The van der Waals surface area contributed by atoms with Crippen LogP contribution in [0.2, 0.25) is 0 Å². The van der Waals surface area contributed by atoms with Crippen LogP contribution in [0.4, 0.5) is 0 Å². The summed E-state index contributed by atoms with van der Waals surface area (Å²) in [5.41, 5.74) is 1.76. The normalized spacial score (nSPS) is 29.6. The zero-order chi connectivity index (χ0) is 15.4. The summed E-state index contributed by atoms with van der Waals surface area (Å²) in [6.45, 7) is 0. The second-order valence-corrected chi connectivity index (χ2v) is 5.56. The minimum absolute atomic E-state index is 0.140. The van der Waals surface area contributed by atoms with Crippen LogP contribution in [-0.2, 0) is 35.1 Å². The van der Waals surface area contributed by atoms with Crippen molar-refractivity contribution >= 4 is 23.9 Å². The molecule has 1 aromatic carbocycles. The molecule has 0 radical (unpaired) electrons. The molecule has 1 fully saturated rings. The van der Waals surface area contributed by atoms with Gasteiger partial charge in [0.1, 0.15) is 0 Å².